The van der Waals surface area contributed by atoms with E-state index in [9.17, 15) is 5.11 Å². The predicted octanol–water partition coefficient (Wildman–Crippen LogP) is 2.51. The number of nitrogens with two attached hydrogens (primary N) is 1. The number of aliphatic hydroxyl groups is 1. The molecule has 4 atom stereocenters. The molecule has 0 unspecified atom stereocenters. The van der Waals surface area contributed by atoms with Crippen molar-refractivity contribution in [2.45, 2.75) is 45.1 Å². The van der Waals surface area contributed by atoms with E-state index in [-0.39, 0.29) is 24.0 Å². The molecule has 0 amide bonds. The van der Waals surface area contributed by atoms with Crippen LogP contribution in [-0.4, -0.2) is 31.5 Å². The quantitative estimate of drug-likeness (QED) is 0.668. The third-order valence-electron chi connectivity index (χ3n) is 4.69. The van der Waals surface area contributed by atoms with Crippen molar-refractivity contribution >= 4 is 16.9 Å². The Balaban J connectivity index is 1.96. The van der Waals surface area contributed by atoms with Gasteiger partial charge in [0, 0.05) is 24.1 Å². The molecule has 3 rings (SSSR count). The summed E-state index contributed by atoms with van der Waals surface area (Å²) in [5, 5.41) is 10.9. The first-order valence-electron chi connectivity index (χ1n) is 7.91. The molecule has 1 aliphatic rings. The number of hydrogen-bond acceptors (Lipinski definition) is 5. The van der Waals surface area contributed by atoms with Crippen LogP contribution in [-0.2, 0) is 4.74 Å². The first-order chi connectivity index (χ1) is 10.8. The number of nitrogen functional groups attached to an aromatic ring is 1. The van der Waals surface area contributed by atoms with Gasteiger partial charge in [0.1, 0.15) is 17.8 Å². The van der Waals surface area contributed by atoms with Crippen LogP contribution in [0.4, 0.5) is 5.82 Å². The average Bonchev–Trinajstić information content (AvgIpc) is 3.01. The Morgan fingerprint density at radius 1 is 1.48 bits per heavy atom. The molecule has 0 bridgehead atoms. The number of aromatic nitrogens is 3. The van der Waals surface area contributed by atoms with E-state index in [1.165, 1.54) is 6.33 Å². The lowest BCUT2D eigenvalue weighted by Crippen LogP contribution is -2.35. The Morgan fingerprint density at radius 2 is 2.22 bits per heavy atom. The van der Waals surface area contributed by atoms with Crippen LogP contribution in [0.1, 0.15) is 33.2 Å². The van der Waals surface area contributed by atoms with Gasteiger partial charge in [-0.15, -0.1) is 6.58 Å². The van der Waals surface area contributed by atoms with E-state index in [4.69, 9.17) is 10.5 Å². The van der Waals surface area contributed by atoms with Gasteiger partial charge in [-0.05, 0) is 26.3 Å². The second-order valence-corrected chi connectivity index (χ2v) is 6.81. The third kappa shape index (κ3) is 2.84. The van der Waals surface area contributed by atoms with E-state index in [2.05, 4.69) is 28.0 Å². The van der Waals surface area contributed by atoms with Gasteiger partial charge in [0.15, 0.2) is 5.79 Å². The fourth-order valence-corrected chi connectivity index (χ4v) is 3.62. The molecule has 23 heavy (non-hydrogen) atoms. The van der Waals surface area contributed by atoms with E-state index in [1.54, 1.807) is 13.8 Å². The molecule has 2 heterocycles. The standard InChI is InChI=1S/C17H24N4O2/c1-5-11-8-13(10(2)14(11)23-17(3,4)22)21-7-6-12-15(18)19-9-20-16(12)21/h5-7,9-11,13-14,22H,1,8H2,2-4H3,(H2,18,19,20)/t10-,11-,13+,14-/m0/s1. The molecule has 124 valence electrons. The van der Waals surface area contributed by atoms with Crippen LogP contribution in [0, 0.1) is 11.8 Å². The molecular formula is C17H24N4O2. The van der Waals surface area contributed by atoms with Gasteiger partial charge in [-0.3, -0.25) is 0 Å². The van der Waals surface area contributed by atoms with Crippen LogP contribution in [0.2, 0.25) is 0 Å². The van der Waals surface area contributed by atoms with E-state index in [0.29, 0.717) is 5.82 Å². The van der Waals surface area contributed by atoms with Gasteiger partial charge in [-0.25, -0.2) is 9.97 Å². The van der Waals surface area contributed by atoms with Crippen LogP contribution in [0.15, 0.2) is 31.2 Å². The zero-order valence-electron chi connectivity index (χ0n) is 13.8. The normalized spacial score (nSPS) is 28.3. The summed E-state index contributed by atoms with van der Waals surface area (Å²) in [5.41, 5.74) is 6.76. The topological polar surface area (TPSA) is 86.2 Å². The smallest absolute Gasteiger partial charge is 0.160 e. The number of nitrogens with zero attached hydrogens (tertiary/aromatic N) is 3. The molecule has 6 nitrogen and oxygen atoms in total. The predicted molar refractivity (Wildman–Crippen MR) is 89.6 cm³/mol. The Morgan fingerprint density at radius 3 is 2.87 bits per heavy atom. The lowest BCUT2D eigenvalue weighted by atomic mass is 10.0. The van der Waals surface area contributed by atoms with E-state index >= 15 is 0 Å². The minimum absolute atomic E-state index is 0.0888. The van der Waals surface area contributed by atoms with Crippen molar-refractivity contribution in [3.8, 4) is 0 Å². The summed E-state index contributed by atoms with van der Waals surface area (Å²) >= 11 is 0. The highest BCUT2D eigenvalue weighted by Crippen LogP contribution is 2.44. The summed E-state index contributed by atoms with van der Waals surface area (Å²) in [4.78, 5) is 8.43. The number of anilines is 1. The van der Waals surface area contributed by atoms with E-state index in [0.717, 1.165) is 17.5 Å². The summed E-state index contributed by atoms with van der Waals surface area (Å²) < 4.78 is 8.03. The molecule has 0 saturated heterocycles. The summed E-state index contributed by atoms with van der Waals surface area (Å²) in [5.74, 6) is -0.293. The molecule has 1 saturated carbocycles. The fourth-order valence-electron chi connectivity index (χ4n) is 3.62. The fraction of sp³-hybridized carbons (Fsp3) is 0.529. The molecule has 0 radical (unpaired) electrons. The van der Waals surface area contributed by atoms with Crippen molar-refractivity contribution in [2.75, 3.05) is 5.73 Å². The Hall–Kier alpha value is -1.92. The molecule has 1 fully saturated rings. The monoisotopic (exact) mass is 316 g/mol. The molecule has 6 heteroatoms. The molecule has 0 spiro atoms. The summed E-state index contributed by atoms with van der Waals surface area (Å²) in [6, 6.07) is 2.15. The van der Waals surface area contributed by atoms with Crippen LogP contribution in [0.5, 0.6) is 0 Å². The van der Waals surface area contributed by atoms with Crippen molar-refractivity contribution in [3.05, 3.63) is 31.2 Å². The third-order valence-corrected chi connectivity index (χ3v) is 4.69. The molecule has 2 aromatic rings. The van der Waals surface area contributed by atoms with Gasteiger partial charge in [-0.1, -0.05) is 13.0 Å². The largest absolute Gasteiger partial charge is 0.383 e. The minimum Gasteiger partial charge on any atom is -0.383 e. The zero-order valence-corrected chi connectivity index (χ0v) is 13.8. The molecule has 1 aliphatic carbocycles. The average molecular weight is 316 g/mol. The maximum Gasteiger partial charge on any atom is 0.160 e. The van der Waals surface area contributed by atoms with E-state index in [1.807, 2.05) is 18.3 Å². The van der Waals surface area contributed by atoms with Gasteiger partial charge in [0.05, 0.1) is 11.5 Å². The van der Waals surface area contributed by atoms with Crippen molar-refractivity contribution < 1.29 is 9.84 Å². The second kappa shape index (κ2) is 5.62. The highest BCUT2D eigenvalue weighted by atomic mass is 16.6. The van der Waals surface area contributed by atoms with Crippen molar-refractivity contribution in [3.63, 3.8) is 0 Å². The maximum atomic E-state index is 10.0. The lowest BCUT2D eigenvalue weighted by molar-refractivity contribution is -0.217. The van der Waals surface area contributed by atoms with Gasteiger partial charge in [-0.2, -0.15) is 0 Å². The Kier molecular flexibility index (Phi) is 3.90. The molecule has 3 N–H and O–H groups in total. The van der Waals surface area contributed by atoms with Crippen molar-refractivity contribution in [1.82, 2.24) is 14.5 Å². The van der Waals surface area contributed by atoms with Gasteiger partial charge in [0.2, 0.25) is 0 Å². The molecular weight excluding hydrogens is 292 g/mol. The zero-order chi connectivity index (χ0) is 16.8. The van der Waals surface area contributed by atoms with Gasteiger partial charge in [0.25, 0.3) is 0 Å². The molecule has 0 aliphatic heterocycles. The SMILES string of the molecule is C=C[C@H]1C[C@@H](n2ccc3c(N)ncnc32)[C@H](C)[C@@H]1OC(C)(C)O. The Labute approximate surface area is 136 Å². The summed E-state index contributed by atoms with van der Waals surface area (Å²) in [7, 11) is 0. The first-order valence-corrected chi connectivity index (χ1v) is 7.91. The lowest BCUT2D eigenvalue weighted by Gasteiger charge is -2.30. The minimum atomic E-state index is -1.17. The van der Waals surface area contributed by atoms with Crippen molar-refractivity contribution in [1.29, 1.82) is 0 Å². The first kappa shape index (κ1) is 16.0. The number of ether oxygens (including phenoxy) is 1. The van der Waals surface area contributed by atoms with E-state index < -0.39 is 5.79 Å². The number of hydrogen-bond donors (Lipinski definition) is 2. The molecule has 2 aromatic heterocycles. The van der Waals surface area contributed by atoms with Gasteiger partial charge < -0.3 is 20.1 Å². The summed E-state index contributed by atoms with van der Waals surface area (Å²) in [6.07, 6.45) is 6.21. The number of fused-ring (bicyclic) bond motifs is 1. The maximum absolute atomic E-state index is 10.0. The highest BCUT2D eigenvalue weighted by Gasteiger charge is 2.43. The second-order valence-electron chi connectivity index (χ2n) is 6.81. The highest BCUT2D eigenvalue weighted by molar-refractivity contribution is 5.86. The van der Waals surface area contributed by atoms with Gasteiger partial charge >= 0.3 is 0 Å². The van der Waals surface area contributed by atoms with Crippen LogP contribution < -0.4 is 5.73 Å². The van der Waals surface area contributed by atoms with Crippen LogP contribution >= 0.6 is 0 Å². The Bertz CT molecular complexity index is 719. The van der Waals surface area contributed by atoms with Crippen LogP contribution in [0.25, 0.3) is 11.0 Å². The van der Waals surface area contributed by atoms with Crippen LogP contribution in [0.3, 0.4) is 0 Å². The number of rotatable bonds is 4. The van der Waals surface area contributed by atoms with Crippen molar-refractivity contribution in [2.24, 2.45) is 11.8 Å². The summed E-state index contributed by atoms with van der Waals surface area (Å²) in [6.45, 7) is 9.39. The molecule has 0 aromatic carbocycles.